The lowest BCUT2D eigenvalue weighted by Crippen LogP contribution is -2.02. The summed E-state index contributed by atoms with van der Waals surface area (Å²) in [5, 5.41) is 3.32. The summed E-state index contributed by atoms with van der Waals surface area (Å²) in [6, 6.07) is 4.16. The van der Waals surface area contributed by atoms with Crippen LogP contribution in [0.2, 0.25) is 0 Å². The van der Waals surface area contributed by atoms with Crippen LogP contribution in [0.5, 0.6) is 0 Å². The molecule has 0 aliphatic heterocycles. The van der Waals surface area contributed by atoms with Crippen molar-refractivity contribution in [2.45, 2.75) is 13.5 Å². The Hall–Kier alpha value is -0.810. The zero-order valence-electron chi connectivity index (χ0n) is 8.72. The molecule has 2 rings (SSSR count). The van der Waals surface area contributed by atoms with E-state index in [1.807, 2.05) is 6.20 Å². The predicted molar refractivity (Wildman–Crippen MR) is 72.5 cm³/mol. The Bertz CT molecular complexity index is 457. The first-order valence-corrected chi connectivity index (χ1v) is 6.43. The standard InChI is InChI=1S/C11H11Br2N3/c1-7-4-8(12)11(9(13)5-7)16-6-10-14-2-3-15-10/h2-5,16H,6H2,1H3,(H,14,15). The molecule has 0 aliphatic carbocycles. The summed E-state index contributed by atoms with van der Waals surface area (Å²) >= 11 is 7.08. The number of imidazole rings is 1. The molecule has 0 bridgehead atoms. The van der Waals surface area contributed by atoms with Gasteiger partial charge in [-0.05, 0) is 56.5 Å². The second kappa shape index (κ2) is 5.01. The van der Waals surface area contributed by atoms with Crippen LogP contribution in [0.25, 0.3) is 0 Å². The second-order valence-corrected chi connectivity index (χ2v) is 5.20. The summed E-state index contributed by atoms with van der Waals surface area (Å²) in [6.07, 6.45) is 3.56. The third-order valence-electron chi connectivity index (χ3n) is 2.17. The molecule has 0 saturated carbocycles. The number of nitrogens with zero attached hydrogens (tertiary/aromatic N) is 1. The van der Waals surface area contributed by atoms with Crippen LogP contribution in [0.3, 0.4) is 0 Å². The van der Waals surface area contributed by atoms with E-state index in [-0.39, 0.29) is 0 Å². The van der Waals surface area contributed by atoms with Crippen molar-refractivity contribution in [2.75, 3.05) is 5.32 Å². The van der Waals surface area contributed by atoms with Crippen molar-refractivity contribution in [3.05, 3.63) is 44.9 Å². The highest BCUT2D eigenvalue weighted by Gasteiger charge is 2.06. The molecule has 0 unspecified atom stereocenters. The second-order valence-electron chi connectivity index (χ2n) is 3.49. The van der Waals surface area contributed by atoms with E-state index in [0.717, 1.165) is 20.5 Å². The molecule has 16 heavy (non-hydrogen) atoms. The fourth-order valence-electron chi connectivity index (χ4n) is 1.44. The van der Waals surface area contributed by atoms with Crippen molar-refractivity contribution in [1.82, 2.24) is 9.97 Å². The van der Waals surface area contributed by atoms with Gasteiger partial charge in [-0.3, -0.25) is 0 Å². The van der Waals surface area contributed by atoms with Gasteiger partial charge >= 0.3 is 0 Å². The number of benzene rings is 1. The normalized spacial score (nSPS) is 10.4. The summed E-state index contributed by atoms with van der Waals surface area (Å²) in [4.78, 5) is 7.21. The largest absolute Gasteiger partial charge is 0.376 e. The molecule has 1 heterocycles. The lowest BCUT2D eigenvalue weighted by Gasteiger charge is -2.10. The third kappa shape index (κ3) is 2.65. The summed E-state index contributed by atoms with van der Waals surface area (Å²) in [5.74, 6) is 0.916. The first kappa shape index (κ1) is 11.7. The monoisotopic (exact) mass is 343 g/mol. The first-order chi connectivity index (χ1) is 7.66. The van der Waals surface area contributed by atoms with E-state index in [1.54, 1.807) is 6.20 Å². The number of hydrogen-bond acceptors (Lipinski definition) is 2. The van der Waals surface area contributed by atoms with Gasteiger partial charge in [0.05, 0.1) is 12.2 Å². The fourth-order valence-corrected chi connectivity index (χ4v) is 3.13. The minimum atomic E-state index is 0.674. The van der Waals surface area contributed by atoms with Crippen LogP contribution < -0.4 is 5.32 Å². The zero-order chi connectivity index (χ0) is 11.5. The van der Waals surface area contributed by atoms with Crippen LogP contribution in [0, 0.1) is 6.92 Å². The number of aromatic amines is 1. The molecule has 0 fully saturated rings. The average Bonchev–Trinajstić information content (AvgIpc) is 2.68. The number of hydrogen-bond donors (Lipinski definition) is 2. The Morgan fingerprint density at radius 2 is 2.00 bits per heavy atom. The lowest BCUT2D eigenvalue weighted by atomic mass is 10.2. The van der Waals surface area contributed by atoms with E-state index in [0.29, 0.717) is 6.54 Å². The molecule has 0 amide bonds. The molecule has 2 N–H and O–H groups in total. The quantitative estimate of drug-likeness (QED) is 0.887. The molecule has 0 atom stereocenters. The summed E-state index contributed by atoms with van der Waals surface area (Å²) in [5.41, 5.74) is 2.25. The molecule has 5 heteroatoms. The molecule has 0 saturated heterocycles. The van der Waals surface area contributed by atoms with Crippen molar-refractivity contribution in [3.8, 4) is 0 Å². The van der Waals surface area contributed by atoms with Gasteiger partial charge in [-0.2, -0.15) is 0 Å². The number of aryl methyl sites for hydroxylation is 1. The van der Waals surface area contributed by atoms with Crippen LogP contribution in [0.1, 0.15) is 11.4 Å². The summed E-state index contributed by atoms with van der Waals surface area (Å²) < 4.78 is 2.09. The van der Waals surface area contributed by atoms with Crippen LogP contribution in [0.15, 0.2) is 33.5 Å². The first-order valence-electron chi connectivity index (χ1n) is 4.84. The minimum Gasteiger partial charge on any atom is -0.376 e. The molecule has 0 spiro atoms. The summed E-state index contributed by atoms with van der Waals surface area (Å²) in [6.45, 7) is 2.74. The number of halogens is 2. The number of aromatic nitrogens is 2. The van der Waals surface area contributed by atoms with Crippen molar-refractivity contribution >= 4 is 37.5 Å². The SMILES string of the molecule is Cc1cc(Br)c(NCc2ncc[nH]2)c(Br)c1. The van der Waals surface area contributed by atoms with Crippen molar-refractivity contribution < 1.29 is 0 Å². The van der Waals surface area contributed by atoms with Gasteiger partial charge in [0.15, 0.2) is 0 Å². The van der Waals surface area contributed by atoms with E-state index in [4.69, 9.17) is 0 Å². The van der Waals surface area contributed by atoms with Crippen LogP contribution in [0.4, 0.5) is 5.69 Å². The van der Waals surface area contributed by atoms with Crippen molar-refractivity contribution in [1.29, 1.82) is 0 Å². The highest BCUT2D eigenvalue weighted by atomic mass is 79.9. The Balaban J connectivity index is 2.15. The van der Waals surface area contributed by atoms with E-state index < -0.39 is 0 Å². The van der Waals surface area contributed by atoms with Gasteiger partial charge in [0.2, 0.25) is 0 Å². The Morgan fingerprint density at radius 1 is 1.31 bits per heavy atom. The van der Waals surface area contributed by atoms with Gasteiger partial charge in [-0.15, -0.1) is 0 Å². The van der Waals surface area contributed by atoms with E-state index in [2.05, 4.69) is 66.2 Å². The van der Waals surface area contributed by atoms with E-state index in [1.165, 1.54) is 5.56 Å². The maximum Gasteiger partial charge on any atom is 0.125 e. The predicted octanol–water partition coefficient (Wildman–Crippen LogP) is 3.86. The van der Waals surface area contributed by atoms with Crippen LogP contribution in [-0.2, 0) is 6.54 Å². The van der Waals surface area contributed by atoms with Gasteiger partial charge in [0.25, 0.3) is 0 Å². The maximum atomic E-state index is 4.16. The van der Waals surface area contributed by atoms with E-state index in [9.17, 15) is 0 Å². The third-order valence-corrected chi connectivity index (χ3v) is 3.42. The topological polar surface area (TPSA) is 40.7 Å². The molecule has 1 aromatic heterocycles. The fraction of sp³-hybridized carbons (Fsp3) is 0.182. The van der Waals surface area contributed by atoms with Gasteiger partial charge < -0.3 is 10.3 Å². The molecule has 0 aliphatic rings. The molecular weight excluding hydrogens is 334 g/mol. The molecule has 1 aromatic carbocycles. The van der Waals surface area contributed by atoms with Gasteiger partial charge in [-0.1, -0.05) is 0 Å². The highest BCUT2D eigenvalue weighted by molar-refractivity contribution is 9.11. The number of anilines is 1. The van der Waals surface area contributed by atoms with E-state index >= 15 is 0 Å². The minimum absolute atomic E-state index is 0.674. The Morgan fingerprint density at radius 3 is 2.56 bits per heavy atom. The molecule has 2 aromatic rings. The number of H-pyrrole nitrogens is 1. The molecule has 0 radical (unpaired) electrons. The van der Waals surface area contributed by atoms with Gasteiger partial charge in [0, 0.05) is 21.3 Å². The van der Waals surface area contributed by atoms with Gasteiger partial charge in [-0.25, -0.2) is 4.98 Å². The number of nitrogens with one attached hydrogen (secondary N) is 2. The number of rotatable bonds is 3. The highest BCUT2D eigenvalue weighted by Crippen LogP contribution is 2.32. The van der Waals surface area contributed by atoms with Crippen LogP contribution >= 0.6 is 31.9 Å². The van der Waals surface area contributed by atoms with Crippen molar-refractivity contribution in [2.24, 2.45) is 0 Å². The molecule has 84 valence electrons. The molecular formula is C11H11Br2N3. The maximum absolute atomic E-state index is 4.16. The lowest BCUT2D eigenvalue weighted by molar-refractivity contribution is 0.997. The average molecular weight is 345 g/mol. The smallest absolute Gasteiger partial charge is 0.125 e. The zero-order valence-corrected chi connectivity index (χ0v) is 11.9. The van der Waals surface area contributed by atoms with Crippen LogP contribution in [-0.4, -0.2) is 9.97 Å². The Labute approximate surface area is 111 Å². The van der Waals surface area contributed by atoms with Crippen molar-refractivity contribution in [3.63, 3.8) is 0 Å². The molecule has 3 nitrogen and oxygen atoms in total. The van der Waals surface area contributed by atoms with Gasteiger partial charge in [0.1, 0.15) is 5.82 Å². The Kier molecular flexibility index (Phi) is 3.66. The summed E-state index contributed by atoms with van der Waals surface area (Å²) in [7, 11) is 0.